The summed E-state index contributed by atoms with van der Waals surface area (Å²) >= 11 is 0. The lowest BCUT2D eigenvalue weighted by atomic mass is 9.94. The highest BCUT2D eigenvalue weighted by molar-refractivity contribution is 7.86. The van der Waals surface area contributed by atoms with E-state index in [4.69, 9.17) is 4.74 Å². The normalized spacial score (nSPS) is 16.5. The van der Waals surface area contributed by atoms with Gasteiger partial charge in [0.25, 0.3) is 0 Å². The number of carbonyl (C=O) groups excluding carboxylic acids is 4. The highest BCUT2D eigenvalue weighted by Crippen LogP contribution is 2.15. The van der Waals surface area contributed by atoms with Crippen molar-refractivity contribution in [3.05, 3.63) is 35.9 Å². The standard InChI is InChI=1S/C31H51FN4O7S/c1-9-20(5)26(33-23(8)37)29(38)35-27(21(6)10-2)30(39)36-28(22(7)43-17-24-14-12-11-13-15-24)31(40)34-25(16-19(3)4)18-44(32,41)42/h11-15,19-22,25-28H,9-10,16-18H2,1-8H3,(H,33,37)(H,34,40)(H,35,38)(H,36,39)/t20-,21-,22+,25-,26-,27-,28-/m0/s1. The molecule has 0 bridgehead atoms. The first-order valence-corrected chi connectivity index (χ1v) is 16.8. The predicted molar refractivity (Wildman–Crippen MR) is 167 cm³/mol. The minimum Gasteiger partial charge on any atom is -0.371 e. The van der Waals surface area contributed by atoms with Crippen LogP contribution in [0.4, 0.5) is 3.89 Å². The maximum Gasteiger partial charge on any atom is 0.304 e. The second-order valence-corrected chi connectivity index (χ2v) is 13.4. The van der Waals surface area contributed by atoms with Crippen molar-refractivity contribution in [2.24, 2.45) is 17.8 Å². The van der Waals surface area contributed by atoms with Crippen LogP contribution in [0, 0.1) is 17.8 Å². The molecular formula is C31H51FN4O7S. The van der Waals surface area contributed by atoms with E-state index in [1.165, 1.54) is 6.92 Å². The van der Waals surface area contributed by atoms with Gasteiger partial charge in [0, 0.05) is 13.0 Å². The summed E-state index contributed by atoms with van der Waals surface area (Å²) in [6, 6.07) is 4.88. The lowest BCUT2D eigenvalue weighted by Crippen LogP contribution is -2.62. The number of ether oxygens (including phenoxy) is 1. The monoisotopic (exact) mass is 642 g/mol. The fraction of sp³-hybridized carbons (Fsp3) is 0.677. The third-order valence-corrected chi connectivity index (χ3v) is 8.36. The van der Waals surface area contributed by atoms with Crippen molar-refractivity contribution < 1.29 is 36.2 Å². The summed E-state index contributed by atoms with van der Waals surface area (Å²) < 4.78 is 42.5. The topological polar surface area (TPSA) is 160 Å². The van der Waals surface area contributed by atoms with Crippen LogP contribution in [0.15, 0.2) is 30.3 Å². The van der Waals surface area contributed by atoms with Crippen LogP contribution in [0.3, 0.4) is 0 Å². The molecule has 0 aliphatic heterocycles. The molecule has 0 aliphatic carbocycles. The smallest absolute Gasteiger partial charge is 0.304 e. The van der Waals surface area contributed by atoms with Crippen LogP contribution < -0.4 is 21.3 Å². The van der Waals surface area contributed by atoms with E-state index in [1.807, 2.05) is 65.0 Å². The first kappa shape index (κ1) is 39.0. The van der Waals surface area contributed by atoms with Gasteiger partial charge in [-0.05, 0) is 36.7 Å². The van der Waals surface area contributed by atoms with Gasteiger partial charge in [-0.25, -0.2) is 0 Å². The molecule has 0 saturated heterocycles. The van der Waals surface area contributed by atoms with Gasteiger partial charge in [0.05, 0.1) is 12.7 Å². The zero-order chi connectivity index (χ0) is 33.6. The summed E-state index contributed by atoms with van der Waals surface area (Å²) in [5.74, 6) is -3.88. The average Bonchev–Trinajstić information content (AvgIpc) is 2.94. The Bertz CT molecular complexity index is 1180. The molecule has 0 unspecified atom stereocenters. The summed E-state index contributed by atoms with van der Waals surface area (Å²) in [5, 5.41) is 10.7. The third kappa shape index (κ3) is 14.1. The molecular weight excluding hydrogens is 591 g/mol. The number of hydrogen-bond donors (Lipinski definition) is 4. The minimum absolute atomic E-state index is 0.0612. The van der Waals surface area contributed by atoms with Crippen molar-refractivity contribution in [2.75, 3.05) is 5.75 Å². The molecule has 1 aromatic rings. The third-order valence-electron chi connectivity index (χ3n) is 7.56. The number of benzene rings is 1. The fourth-order valence-electron chi connectivity index (χ4n) is 4.67. The van der Waals surface area contributed by atoms with Gasteiger partial charge in [0.1, 0.15) is 23.9 Å². The van der Waals surface area contributed by atoms with Crippen molar-refractivity contribution in [1.82, 2.24) is 21.3 Å². The van der Waals surface area contributed by atoms with Gasteiger partial charge in [0.2, 0.25) is 23.6 Å². The maximum absolute atomic E-state index is 13.7. The van der Waals surface area contributed by atoms with E-state index in [2.05, 4.69) is 21.3 Å². The molecule has 44 heavy (non-hydrogen) atoms. The van der Waals surface area contributed by atoms with Crippen molar-refractivity contribution >= 4 is 33.9 Å². The molecule has 7 atom stereocenters. The summed E-state index contributed by atoms with van der Waals surface area (Å²) in [6.45, 7) is 13.9. The molecule has 0 fully saturated rings. The Labute approximate surface area is 262 Å². The Morgan fingerprint density at radius 1 is 0.773 bits per heavy atom. The largest absolute Gasteiger partial charge is 0.371 e. The Kier molecular flexibility index (Phi) is 16.5. The molecule has 4 amide bonds. The first-order chi connectivity index (χ1) is 20.5. The van der Waals surface area contributed by atoms with Crippen LogP contribution in [0.5, 0.6) is 0 Å². The van der Waals surface area contributed by atoms with E-state index in [0.29, 0.717) is 12.8 Å². The number of rotatable bonds is 19. The fourth-order valence-corrected chi connectivity index (χ4v) is 5.37. The molecule has 4 N–H and O–H groups in total. The van der Waals surface area contributed by atoms with Gasteiger partial charge in [-0.15, -0.1) is 3.89 Å². The molecule has 1 rings (SSSR count). The average molecular weight is 643 g/mol. The van der Waals surface area contributed by atoms with Gasteiger partial charge in [0.15, 0.2) is 0 Å². The molecule has 11 nitrogen and oxygen atoms in total. The molecule has 0 spiro atoms. The molecule has 1 aromatic carbocycles. The molecule has 13 heteroatoms. The van der Waals surface area contributed by atoms with Crippen LogP contribution in [-0.4, -0.2) is 68.1 Å². The van der Waals surface area contributed by atoms with Gasteiger partial charge < -0.3 is 26.0 Å². The number of carbonyl (C=O) groups is 4. The lowest BCUT2D eigenvalue weighted by Gasteiger charge is -2.32. The van der Waals surface area contributed by atoms with Crippen LogP contribution in [-0.2, 0) is 40.7 Å². The Morgan fingerprint density at radius 2 is 1.25 bits per heavy atom. The Balaban J connectivity index is 3.33. The predicted octanol–water partition coefficient (Wildman–Crippen LogP) is 2.99. The quantitative estimate of drug-likeness (QED) is 0.169. The molecule has 0 aromatic heterocycles. The highest BCUT2D eigenvalue weighted by Gasteiger charge is 2.36. The minimum atomic E-state index is -4.91. The molecule has 0 aliphatic rings. The summed E-state index contributed by atoms with van der Waals surface area (Å²) in [7, 11) is -4.91. The van der Waals surface area contributed by atoms with Crippen LogP contribution in [0.1, 0.15) is 80.2 Å². The van der Waals surface area contributed by atoms with E-state index in [9.17, 15) is 31.5 Å². The summed E-state index contributed by atoms with van der Waals surface area (Å²) in [4.78, 5) is 52.4. The molecule has 0 heterocycles. The summed E-state index contributed by atoms with van der Waals surface area (Å²) in [5.41, 5.74) is 0.824. The molecule has 250 valence electrons. The van der Waals surface area contributed by atoms with Gasteiger partial charge in [-0.1, -0.05) is 84.7 Å². The van der Waals surface area contributed by atoms with E-state index in [1.54, 1.807) is 13.8 Å². The van der Waals surface area contributed by atoms with Gasteiger partial charge >= 0.3 is 10.2 Å². The van der Waals surface area contributed by atoms with E-state index >= 15 is 0 Å². The number of amides is 4. The van der Waals surface area contributed by atoms with Crippen molar-refractivity contribution in [2.45, 2.75) is 112 Å². The first-order valence-electron chi connectivity index (χ1n) is 15.2. The number of halogens is 1. The summed E-state index contributed by atoms with van der Waals surface area (Å²) in [6.07, 6.45) is 0.388. The van der Waals surface area contributed by atoms with Crippen molar-refractivity contribution in [3.63, 3.8) is 0 Å². The Morgan fingerprint density at radius 3 is 1.70 bits per heavy atom. The van der Waals surface area contributed by atoms with Crippen molar-refractivity contribution in [3.8, 4) is 0 Å². The zero-order valence-electron chi connectivity index (χ0n) is 27.2. The second kappa shape index (κ2) is 18.7. The van der Waals surface area contributed by atoms with Crippen LogP contribution in [0.25, 0.3) is 0 Å². The van der Waals surface area contributed by atoms with Gasteiger partial charge in [-0.3, -0.25) is 19.2 Å². The SMILES string of the molecule is CC[C@H](C)[C@H](NC(C)=O)C(=O)N[C@H](C(=O)N[C@H](C(=O)N[C@@H](CC(C)C)CS(=O)(=O)F)[C@@H](C)OCc1ccccc1)[C@@H](C)CC. The van der Waals surface area contributed by atoms with Crippen LogP contribution in [0.2, 0.25) is 0 Å². The maximum atomic E-state index is 13.7. The van der Waals surface area contributed by atoms with Gasteiger partial charge in [-0.2, -0.15) is 8.42 Å². The number of hydrogen-bond acceptors (Lipinski definition) is 7. The molecule has 0 radical (unpaired) electrons. The van der Waals surface area contributed by atoms with E-state index in [-0.39, 0.29) is 36.7 Å². The van der Waals surface area contributed by atoms with E-state index in [0.717, 1.165) is 5.56 Å². The number of nitrogens with one attached hydrogen (secondary N) is 4. The van der Waals surface area contributed by atoms with Crippen molar-refractivity contribution in [1.29, 1.82) is 0 Å². The highest BCUT2D eigenvalue weighted by atomic mass is 32.3. The Hall–Kier alpha value is -3.06. The van der Waals surface area contributed by atoms with Crippen LogP contribution >= 0.6 is 0 Å². The molecule has 0 saturated carbocycles. The second-order valence-electron chi connectivity index (χ2n) is 12.0. The van der Waals surface area contributed by atoms with E-state index < -0.39 is 64.0 Å². The lowest BCUT2D eigenvalue weighted by molar-refractivity contribution is -0.137. The zero-order valence-corrected chi connectivity index (χ0v) is 28.0.